The zero-order chi connectivity index (χ0) is 10.1. The minimum atomic E-state index is -0.276. The van der Waals surface area contributed by atoms with Crippen LogP contribution in [0.1, 0.15) is 24.8 Å². The van der Waals surface area contributed by atoms with Crippen LogP contribution >= 0.6 is 15.9 Å². The fourth-order valence-corrected chi connectivity index (χ4v) is 2.58. The van der Waals surface area contributed by atoms with Gasteiger partial charge in [-0.05, 0) is 25.5 Å². The molecule has 1 aromatic carbocycles. The van der Waals surface area contributed by atoms with Gasteiger partial charge in [-0.2, -0.15) is 0 Å². The van der Waals surface area contributed by atoms with Gasteiger partial charge in [-0.15, -0.1) is 0 Å². The Hall–Kier alpha value is -0.540. The maximum absolute atomic E-state index is 9.36. The van der Waals surface area contributed by atoms with Crippen LogP contribution < -0.4 is 4.74 Å². The van der Waals surface area contributed by atoms with Gasteiger partial charge in [0.15, 0.2) is 0 Å². The number of aliphatic hydroxyl groups is 1. The molecular formula is C11H13BrO2. The minimum absolute atomic E-state index is 0.276. The normalized spacial score (nSPS) is 21.5. The molecule has 3 heteroatoms. The van der Waals surface area contributed by atoms with E-state index in [2.05, 4.69) is 15.9 Å². The molecule has 2 rings (SSSR count). The van der Waals surface area contributed by atoms with Gasteiger partial charge >= 0.3 is 0 Å². The second kappa shape index (κ2) is 3.91. The highest BCUT2D eigenvalue weighted by Gasteiger charge is 2.27. The molecule has 1 aromatic rings. The van der Waals surface area contributed by atoms with E-state index in [1.807, 2.05) is 25.1 Å². The van der Waals surface area contributed by atoms with Gasteiger partial charge in [-0.25, -0.2) is 0 Å². The highest BCUT2D eigenvalue weighted by Crippen LogP contribution is 2.40. The average molecular weight is 257 g/mol. The van der Waals surface area contributed by atoms with E-state index in [1.165, 1.54) is 5.56 Å². The zero-order valence-electron chi connectivity index (χ0n) is 8.03. The first-order valence-electron chi connectivity index (χ1n) is 4.77. The summed E-state index contributed by atoms with van der Waals surface area (Å²) in [6.45, 7) is 2.50. The maximum Gasteiger partial charge on any atom is 0.124 e. The third-order valence-corrected chi connectivity index (χ3v) is 3.18. The summed E-state index contributed by atoms with van der Waals surface area (Å²) in [5, 5.41) is 9.36. The van der Waals surface area contributed by atoms with Crippen molar-refractivity contribution in [2.75, 3.05) is 6.61 Å². The van der Waals surface area contributed by atoms with E-state index in [0.717, 1.165) is 16.6 Å². The van der Waals surface area contributed by atoms with Crippen molar-refractivity contribution >= 4 is 15.9 Å². The van der Waals surface area contributed by atoms with E-state index in [9.17, 15) is 5.11 Å². The van der Waals surface area contributed by atoms with Gasteiger partial charge in [0.2, 0.25) is 0 Å². The Balaban J connectivity index is 2.29. The number of hydrogen-bond donors (Lipinski definition) is 1. The number of halogens is 1. The van der Waals surface area contributed by atoms with Crippen LogP contribution in [-0.2, 0) is 0 Å². The lowest BCUT2D eigenvalue weighted by Crippen LogP contribution is -2.10. The molecule has 0 amide bonds. The highest BCUT2D eigenvalue weighted by molar-refractivity contribution is 9.10. The van der Waals surface area contributed by atoms with E-state index in [-0.39, 0.29) is 6.10 Å². The van der Waals surface area contributed by atoms with E-state index in [1.54, 1.807) is 0 Å². The van der Waals surface area contributed by atoms with E-state index >= 15 is 0 Å². The molecule has 1 aliphatic heterocycles. The largest absolute Gasteiger partial charge is 0.493 e. The van der Waals surface area contributed by atoms with Crippen molar-refractivity contribution in [3.63, 3.8) is 0 Å². The summed E-state index contributed by atoms with van der Waals surface area (Å²) in [4.78, 5) is 0. The molecule has 0 saturated heterocycles. The minimum Gasteiger partial charge on any atom is -0.493 e. The summed E-state index contributed by atoms with van der Waals surface area (Å²) < 4.78 is 6.63. The quantitative estimate of drug-likeness (QED) is 0.882. The number of ether oxygens (including phenoxy) is 1. The van der Waals surface area contributed by atoms with Gasteiger partial charge < -0.3 is 9.84 Å². The van der Waals surface area contributed by atoms with Gasteiger partial charge in [0, 0.05) is 16.0 Å². The Morgan fingerprint density at radius 1 is 1.64 bits per heavy atom. The van der Waals surface area contributed by atoms with Crippen molar-refractivity contribution in [1.82, 2.24) is 0 Å². The number of fused-ring (bicyclic) bond motifs is 1. The van der Waals surface area contributed by atoms with Crippen molar-refractivity contribution in [2.45, 2.75) is 25.4 Å². The molecule has 14 heavy (non-hydrogen) atoms. The lowest BCUT2D eigenvalue weighted by molar-refractivity contribution is 0.167. The Kier molecular flexibility index (Phi) is 2.79. The van der Waals surface area contributed by atoms with Crippen molar-refractivity contribution in [2.24, 2.45) is 0 Å². The molecule has 0 fully saturated rings. The Morgan fingerprint density at radius 2 is 2.43 bits per heavy atom. The number of aliphatic hydroxyl groups excluding tert-OH is 1. The first-order chi connectivity index (χ1) is 6.68. The van der Waals surface area contributed by atoms with Crippen molar-refractivity contribution < 1.29 is 9.84 Å². The van der Waals surface area contributed by atoms with Crippen LogP contribution in [0.3, 0.4) is 0 Å². The topological polar surface area (TPSA) is 29.5 Å². The van der Waals surface area contributed by atoms with E-state index < -0.39 is 0 Å². The third-order valence-electron chi connectivity index (χ3n) is 2.49. The van der Waals surface area contributed by atoms with Crippen LogP contribution in [-0.4, -0.2) is 17.8 Å². The highest BCUT2D eigenvalue weighted by atomic mass is 79.9. The predicted octanol–water partition coefficient (Wildman–Crippen LogP) is 2.70. The van der Waals surface area contributed by atoms with Crippen LogP contribution in [0, 0.1) is 0 Å². The summed E-state index contributed by atoms with van der Waals surface area (Å²) in [6.07, 6.45) is 0.483. The maximum atomic E-state index is 9.36. The predicted molar refractivity (Wildman–Crippen MR) is 58.7 cm³/mol. The fourth-order valence-electron chi connectivity index (χ4n) is 1.91. The van der Waals surface area contributed by atoms with Crippen LogP contribution in [0.2, 0.25) is 0 Å². The van der Waals surface area contributed by atoms with Crippen molar-refractivity contribution in [1.29, 1.82) is 0 Å². The fraction of sp³-hybridized carbons (Fsp3) is 0.455. The van der Waals surface area contributed by atoms with E-state index in [4.69, 9.17) is 4.74 Å². The first kappa shape index (κ1) is 9.99. The molecule has 0 aromatic heterocycles. The average Bonchev–Trinajstić information content (AvgIpc) is 2.49. The second-order valence-corrected chi connectivity index (χ2v) is 4.60. The Morgan fingerprint density at radius 3 is 3.14 bits per heavy atom. The zero-order valence-corrected chi connectivity index (χ0v) is 9.62. The monoisotopic (exact) mass is 256 g/mol. The molecule has 0 spiro atoms. The third kappa shape index (κ3) is 1.79. The lowest BCUT2D eigenvalue weighted by atomic mass is 9.96. The van der Waals surface area contributed by atoms with Gasteiger partial charge in [-0.1, -0.05) is 22.0 Å². The molecular weight excluding hydrogens is 244 g/mol. The van der Waals surface area contributed by atoms with Crippen molar-refractivity contribution in [3.05, 3.63) is 28.2 Å². The second-order valence-electron chi connectivity index (χ2n) is 3.74. The molecule has 0 bridgehead atoms. The summed E-state index contributed by atoms with van der Waals surface area (Å²) >= 11 is 3.52. The molecule has 0 saturated carbocycles. The van der Waals surface area contributed by atoms with E-state index in [0.29, 0.717) is 12.5 Å². The van der Waals surface area contributed by atoms with Gasteiger partial charge in [0.25, 0.3) is 0 Å². The van der Waals surface area contributed by atoms with Crippen molar-refractivity contribution in [3.8, 4) is 5.75 Å². The molecule has 0 aliphatic carbocycles. The summed E-state index contributed by atoms with van der Waals surface area (Å²) in [5.41, 5.74) is 1.20. The number of rotatable bonds is 2. The molecule has 2 atom stereocenters. The molecule has 1 heterocycles. The SMILES string of the molecule is CC(O)CC1COc2cccc(Br)c21. The van der Waals surface area contributed by atoms with Crippen LogP contribution in [0.25, 0.3) is 0 Å². The molecule has 1 aliphatic rings. The molecule has 2 unspecified atom stereocenters. The number of hydrogen-bond acceptors (Lipinski definition) is 2. The lowest BCUT2D eigenvalue weighted by Gasteiger charge is -2.11. The van der Waals surface area contributed by atoms with Gasteiger partial charge in [0.1, 0.15) is 5.75 Å². The summed E-state index contributed by atoms with van der Waals surface area (Å²) in [6, 6.07) is 5.96. The number of benzene rings is 1. The summed E-state index contributed by atoms with van der Waals surface area (Å²) in [7, 11) is 0. The van der Waals surface area contributed by atoms with Gasteiger partial charge in [0.05, 0.1) is 12.7 Å². The molecule has 1 N–H and O–H groups in total. The molecule has 76 valence electrons. The smallest absolute Gasteiger partial charge is 0.124 e. The van der Waals surface area contributed by atoms with Gasteiger partial charge in [-0.3, -0.25) is 0 Å². The van der Waals surface area contributed by atoms with Crippen LogP contribution in [0.4, 0.5) is 0 Å². The Bertz CT molecular complexity index is 336. The standard InChI is InChI=1S/C11H13BrO2/c1-7(13)5-8-6-14-10-4-2-3-9(12)11(8)10/h2-4,7-8,13H,5-6H2,1H3. The summed E-state index contributed by atoms with van der Waals surface area (Å²) in [5.74, 6) is 1.27. The van der Waals surface area contributed by atoms with Crippen LogP contribution in [0.15, 0.2) is 22.7 Å². The first-order valence-corrected chi connectivity index (χ1v) is 5.57. The Labute approximate surface area is 92.0 Å². The van der Waals surface area contributed by atoms with Crippen LogP contribution in [0.5, 0.6) is 5.75 Å². The molecule has 0 radical (unpaired) electrons. The molecule has 2 nitrogen and oxygen atoms in total.